The molecule has 1 atom stereocenters. The number of thiophene rings is 1. The predicted molar refractivity (Wildman–Crippen MR) is 108 cm³/mol. The third kappa shape index (κ3) is 4.89. The van der Waals surface area contributed by atoms with Crippen LogP contribution in [-0.4, -0.2) is 21.7 Å². The molecule has 0 radical (unpaired) electrons. The maximum absolute atomic E-state index is 12.5. The number of nitrogens with one attached hydrogen (secondary N) is 1. The molecule has 1 amide bonds. The number of benzene rings is 1. The van der Waals surface area contributed by atoms with Crippen molar-refractivity contribution in [2.45, 2.75) is 32.9 Å². The van der Waals surface area contributed by atoms with Gasteiger partial charge in [0.25, 0.3) is 0 Å². The lowest BCUT2D eigenvalue weighted by Crippen LogP contribution is -2.28. The summed E-state index contributed by atoms with van der Waals surface area (Å²) in [4.78, 5) is 24.8. The number of hydrogen-bond donors (Lipinski definition) is 1. The molecule has 0 aliphatic carbocycles. The van der Waals surface area contributed by atoms with Gasteiger partial charge >= 0.3 is 5.97 Å². The van der Waals surface area contributed by atoms with Crippen LogP contribution in [0.15, 0.2) is 47.8 Å². The van der Waals surface area contributed by atoms with E-state index in [1.54, 1.807) is 11.6 Å². The molecule has 1 unspecified atom stereocenters. The van der Waals surface area contributed by atoms with E-state index in [2.05, 4.69) is 16.5 Å². The molecule has 0 bridgehead atoms. The van der Waals surface area contributed by atoms with Crippen LogP contribution in [-0.2, 0) is 20.9 Å². The van der Waals surface area contributed by atoms with E-state index >= 15 is 0 Å². The van der Waals surface area contributed by atoms with Crippen molar-refractivity contribution in [2.24, 2.45) is 0 Å². The zero-order valence-electron chi connectivity index (χ0n) is 16.1. The second kappa shape index (κ2) is 9.17. The summed E-state index contributed by atoms with van der Waals surface area (Å²) in [7, 11) is 0. The Morgan fingerprint density at radius 1 is 1.28 bits per heavy atom. The molecule has 0 aliphatic heterocycles. The zero-order chi connectivity index (χ0) is 20.8. The van der Waals surface area contributed by atoms with Crippen LogP contribution in [0.5, 0.6) is 0 Å². The highest BCUT2D eigenvalue weighted by atomic mass is 32.1. The topological polar surface area (TPSA) is 97.0 Å². The Morgan fingerprint density at radius 3 is 2.66 bits per heavy atom. The van der Waals surface area contributed by atoms with Gasteiger partial charge in [-0.15, -0.1) is 11.3 Å². The standard InChI is InChI=1S/C21H20N4O3S/c1-14-17(12-22)19(25(24-14)16-7-4-3-5-8-16)13-28-21(27)11-18(23-15(2)26)20-9-6-10-29-20/h3-10,18H,11,13H2,1-2H3,(H,23,26). The molecular weight excluding hydrogens is 388 g/mol. The Bertz CT molecular complexity index is 1040. The average molecular weight is 408 g/mol. The van der Waals surface area contributed by atoms with Gasteiger partial charge in [0.15, 0.2) is 0 Å². The largest absolute Gasteiger partial charge is 0.459 e. The van der Waals surface area contributed by atoms with Crippen LogP contribution in [0, 0.1) is 18.3 Å². The number of carbonyl (C=O) groups excluding carboxylic acids is 2. The molecule has 0 spiro atoms. The summed E-state index contributed by atoms with van der Waals surface area (Å²) in [5, 5.41) is 18.6. The zero-order valence-corrected chi connectivity index (χ0v) is 16.9. The maximum Gasteiger partial charge on any atom is 0.308 e. The fourth-order valence-electron chi connectivity index (χ4n) is 2.97. The van der Waals surface area contributed by atoms with Crippen molar-refractivity contribution in [3.63, 3.8) is 0 Å². The lowest BCUT2D eigenvalue weighted by Gasteiger charge is -2.16. The normalized spacial score (nSPS) is 11.5. The Morgan fingerprint density at radius 2 is 2.03 bits per heavy atom. The van der Waals surface area contributed by atoms with Crippen molar-refractivity contribution in [3.05, 3.63) is 69.7 Å². The first-order chi connectivity index (χ1) is 14.0. The minimum atomic E-state index is -0.473. The van der Waals surface area contributed by atoms with E-state index in [-0.39, 0.29) is 18.9 Å². The Balaban J connectivity index is 1.76. The third-order valence-corrected chi connectivity index (χ3v) is 5.26. The lowest BCUT2D eigenvalue weighted by atomic mass is 10.1. The Labute approximate surface area is 172 Å². The fraction of sp³-hybridized carbons (Fsp3) is 0.238. The number of amides is 1. The average Bonchev–Trinajstić information content (AvgIpc) is 3.34. The number of nitrogens with zero attached hydrogens (tertiary/aromatic N) is 3. The summed E-state index contributed by atoms with van der Waals surface area (Å²) in [6.45, 7) is 3.06. The van der Waals surface area contributed by atoms with Gasteiger partial charge in [0, 0.05) is 11.8 Å². The minimum Gasteiger partial charge on any atom is -0.459 e. The highest BCUT2D eigenvalue weighted by Crippen LogP contribution is 2.24. The molecule has 0 aliphatic rings. The first-order valence-corrected chi connectivity index (χ1v) is 9.87. The van der Waals surface area contributed by atoms with E-state index in [0.29, 0.717) is 17.0 Å². The van der Waals surface area contributed by atoms with Gasteiger partial charge in [-0.25, -0.2) is 4.68 Å². The number of aromatic nitrogens is 2. The van der Waals surface area contributed by atoms with Crippen molar-refractivity contribution in [1.29, 1.82) is 5.26 Å². The van der Waals surface area contributed by atoms with Gasteiger partial charge in [0.2, 0.25) is 5.91 Å². The van der Waals surface area contributed by atoms with Crippen LogP contribution in [0.3, 0.4) is 0 Å². The van der Waals surface area contributed by atoms with Crippen molar-refractivity contribution in [1.82, 2.24) is 15.1 Å². The minimum absolute atomic E-state index is 0.000433. The first-order valence-electron chi connectivity index (χ1n) is 8.99. The summed E-state index contributed by atoms with van der Waals surface area (Å²) >= 11 is 1.46. The van der Waals surface area contributed by atoms with E-state index in [1.165, 1.54) is 18.3 Å². The fourth-order valence-corrected chi connectivity index (χ4v) is 3.75. The quantitative estimate of drug-likeness (QED) is 0.604. The van der Waals surface area contributed by atoms with E-state index in [9.17, 15) is 14.9 Å². The SMILES string of the molecule is CC(=O)NC(CC(=O)OCc1c(C#N)c(C)nn1-c1ccccc1)c1cccs1. The van der Waals surface area contributed by atoms with Crippen LogP contribution < -0.4 is 5.32 Å². The van der Waals surface area contributed by atoms with Gasteiger partial charge in [0.1, 0.15) is 18.2 Å². The van der Waals surface area contributed by atoms with Gasteiger partial charge in [-0.3, -0.25) is 9.59 Å². The molecule has 1 N–H and O–H groups in total. The number of ether oxygens (including phenoxy) is 1. The monoisotopic (exact) mass is 408 g/mol. The number of aryl methyl sites for hydroxylation is 1. The molecule has 0 saturated carbocycles. The van der Waals surface area contributed by atoms with Crippen molar-refractivity contribution in [3.8, 4) is 11.8 Å². The number of hydrogen-bond acceptors (Lipinski definition) is 6. The molecule has 1 aromatic carbocycles. The van der Waals surface area contributed by atoms with Gasteiger partial charge in [-0.1, -0.05) is 24.3 Å². The summed E-state index contributed by atoms with van der Waals surface area (Å²) in [6, 6.07) is 14.8. The Hall–Kier alpha value is -3.44. The van der Waals surface area contributed by atoms with Crippen LogP contribution in [0.25, 0.3) is 5.69 Å². The predicted octanol–water partition coefficient (Wildman–Crippen LogP) is 3.42. The van der Waals surface area contributed by atoms with Gasteiger partial charge in [-0.05, 0) is 30.5 Å². The molecule has 3 aromatic rings. The number of esters is 1. The molecule has 29 heavy (non-hydrogen) atoms. The molecule has 8 heteroatoms. The molecular formula is C21H20N4O3S. The second-order valence-electron chi connectivity index (χ2n) is 6.40. The van der Waals surface area contributed by atoms with Crippen LogP contribution in [0.1, 0.15) is 41.2 Å². The highest BCUT2D eigenvalue weighted by Gasteiger charge is 2.21. The number of rotatable bonds is 7. The molecule has 2 aromatic heterocycles. The molecule has 3 rings (SSSR count). The first kappa shape index (κ1) is 20.3. The maximum atomic E-state index is 12.5. The van der Waals surface area contributed by atoms with Gasteiger partial charge in [0.05, 0.1) is 29.5 Å². The highest BCUT2D eigenvalue weighted by molar-refractivity contribution is 7.10. The van der Waals surface area contributed by atoms with Crippen LogP contribution in [0.4, 0.5) is 0 Å². The number of carbonyl (C=O) groups is 2. The summed E-state index contributed by atoms with van der Waals surface area (Å²) in [6.07, 6.45) is 0.000433. The summed E-state index contributed by atoms with van der Waals surface area (Å²) in [5.74, 6) is -0.694. The smallest absolute Gasteiger partial charge is 0.308 e. The van der Waals surface area contributed by atoms with Crippen LogP contribution >= 0.6 is 11.3 Å². The molecule has 0 saturated heterocycles. The van der Waals surface area contributed by atoms with Gasteiger partial charge < -0.3 is 10.1 Å². The van der Waals surface area contributed by atoms with Crippen molar-refractivity contribution >= 4 is 23.2 Å². The lowest BCUT2D eigenvalue weighted by molar-refractivity contribution is -0.145. The van der Waals surface area contributed by atoms with Crippen molar-refractivity contribution in [2.75, 3.05) is 0 Å². The number of nitriles is 1. The molecule has 0 fully saturated rings. The second-order valence-corrected chi connectivity index (χ2v) is 7.38. The van der Waals surface area contributed by atoms with E-state index in [0.717, 1.165) is 10.6 Å². The summed E-state index contributed by atoms with van der Waals surface area (Å²) in [5.41, 5.74) is 2.24. The van der Waals surface area contributed by atoms with Crippen LogP contribution in [0.2, 0.25) is 0 Å². The Kier molecular flexibility index (Phi) is 6.42. The molecule has 7 nitrogen and oxygen atoms in total. The van der Waals surface area contributed by atoms with Gasteiger partial charge in [-0.2, -0.15) is 10.4 Å². The van der Waals surface area contributed by atoms with Crippen molar-refractivity contribution < 1.29 is 14.3 Å². The van der Waals surface area contributed by atoms with E-state index in [1.807, 2.05) is 47.8 Å². The molecule has 148 valence electrons. The van der Waals surface area contributed by atoms with E-state index < -0.39 is 12.0 Å². The summed E-state index contributed by atoms with van der Waals surface area (Å²) < 4.78 is 7.08. The molecule has 2 heterocycles. The van der Waals surface area contributed by atoms with E-state index in [4.69, 9.17) is 4.74 Å². The third-order valence-electron chi connectivity index (χ3n) is 4.27. The number of para-hydroxylation sites is 1.